The molecule has 1 aromatic heterocycles. The van der Waals surface area contributed by atoms with Gasteiger partial charge in [-0.1, -0.05) is 23.8 Å². The van der Waals surface area contributed by atoms with Crippen LogP contribution in [0, 0.1) is 20.8 Å². The maximum atomic E-state index is 10.8. The molecule has 0 fully saturated rings. The van der Waals surface area contributed by atoms with Gasteiger partial charge >= 0.3 is 0 Å². The summed E-state index contributed by atoms with van der Waals surface area (Å²) in [5.74, 6) is 0. The second-order valence-electron chi connectivity index (χ2n) is 4.78. The van der Waals surface area contributed by atoms with E-state index in [1.165, 1.54) is 10.4 Å². The van der Waals surface area contributed by atoms with Gasteiger partial charge in [0.05, 0.1) is 0 Å². The average Bonchev–Trinajstić information content (AvgIpc) is 2.68. The number of rotatable bonds is 2. The van der Waals surface area contributed by atoms with E-state index in [1.807, 2.05) is 25.3 Å². The fourth-order valence-electron chi connectivity index (χ4n) is 2.30. The Hall–Kier alpha value is -1.12. The molecule has 1 nitrogen and oxygen atoms in total. The summed E-state index contributed by atoms with van der Waals surface area (Å²) >= 11 is 1.68. The molecule has 0 aliphatic heterocycles. The van der Waals surface area contributed by atoms with Gasteiger partial charge in [-0.2, -0.15) is 0 Å². The van der Waals surface area contributed by atoms with E-state index in [1.54, 1.807) is 11.3 Å². The topological polar surface area (TPSA) is 20.2 Å². The highest BCUT2D eigenvalue weighted by molar-refractivity contribution is 7.10. The molecule has 17 heavy (non-hydrogen) atoms. The fourth-order valence-corrected chi connectivity index (χ4v) is 3.10. The van der Waals surface area contributed by atoms with Gasteiger partial charge in [0.25, 0.3) is 0 Å². The molecular weight excluding hydrogens is 228 g/mol. The summed E-state index contributed by atoms with van der Waals surface area (Å²) in [4.78, 5) is 1.18. The third-order valence-corrected chi connectivity index (χ3v) is 4.15. The average molecular weight is 246 g/mol. The Bertz CT molecular complexity index is 538. The smallest absolute Gasteiger partial charge is 0.113 e. The van der Waals surface area contributed by atoms with Crippen molar-refractivity contribution < 1.29 is 5.11 Å². The lowest BCUT2D eigenvalue weighted by molar-refractivity contribution is 0.101. The van der Waals surface area contributed by atoms with Crippen molar-refractivity contribution in [3.63, 3.8) is 0 Å². The highest BCUT2D eigenvalue weighted by atomic mass is 32.1. The van der Waals surface area contributed by atoms with Crippen LogP contribution in [0.4, 0.5) is 0 Å². The van der Waals surface area contributed by atoms with Gasteiger partial charge in [0.1, 0.15) is 5.60 Å². The van der Waals surface area contributed by atoms with E-state index < -0.39 is 5.60 Å². The third-order valence-electron chi connectivity index (χ3n) is 3.30. The number of hydrogen-bond acceptors (Lipinski definition) is 2. The third kappa shape index (κ3) is 2.15. The Kier molecular flexibility index (Phi) is 3.11. The van der Waals surface area contributed by atoms with Crippen LogP contribution in [0.2, 0.25) is 0 Å². The molecule has 0 bridgehead atoms. The SMILES string of the molecule is Cc1ccc(C)c(C(C)(O)c2ccsc2C)c1. The second kappa shape index (κ2) is 4.28. The minimum absolute atomic E-state index is 0.903. The minimum atomic E-state index is -0.903. The first kappa shape index (κ1) is 12.3. The van der Waals surface area contributed by atoms with Crippen LogP contribution in [0.1, 0.15) is 34.1 Å². The van der Waals surface area contributed by atoms with E-state index in [2.05, 4.69) is 32.0 Å². The van der Waals surface area contributed by atoms with Gasteiger partial charge in [-0.25, -0.2) is 0 Å². The summed E-state index contributed by atoms with van der Waals surface area (Å²) < 4.78 is 0. The van der Waals surface area contributed by atoms with E-state index in [-0.39, 0.29) is 0 Å². The second-order valence-corrected chi connectivity index (χ2v) is 5.90. The van der Waals surface area contributed by atoms with Crippen LogP contribution in [0.3, 0.4) is 0 Å². The van der Waals surface area contributed by atoms with Crippen LogP contribution in [0.25, 0.3) is 0 Å². The van der Waals surface area contributed by atoms with Gasteiger partial charge in [0, 0.05) is 10.4 Å². The van der Waals surface area contributed by atoms with E-state index in [0.29, 0.717) is 0 Å². The van der Waals surface area contributed by atoms with Crippen LogP contribution >= 0.6 is 11.3 Å². The summed E-state index contributed by atoms with van der Waals surface area (Å²) in [7, 11) is 0. The van der Waals surface area contributed by atoms with Crippen molar-refractivity contribution >= 4 is 11.3 Å². The molecule has 1 aromatic carbocycles. The van der Waals surface area contributed by atoms with Gasteiger partial charge in [0.2, 0.25) is 0 Å². The van der Waals surface area contributed by atoms with Crippen LogP contribution in [0.5, 0.6) is 0 Å². The molecule has 0 saturated heterocycles. The molecule has 2 aromatic rings. The Morgan fingerprint density at radius 1 is 1.06 bits per heavy atom. The zero-order chi connectivity index (χ0) is 12.6. The van der Waals surface area contributed by atoms with Gasteiger partial charge < -0.3 is 5.11 Å². The standard InChI is InChI=1S/C15H18OS/c1-10-5-6-11(2)14(9-10)15(4,16)13-7-8-17-12(13)3/h5-9,16H,1-4H3. The van der Waals surface area contributed by atoms with E-state index >= 15 is 0 Å². The monoisotopic (exact) mass is 246 g/mol. The molecule has 1 unspecified atom stereocenters. The minimum Gasteiger partial charge on any atom is -0.381 e. The maximum Gasteiger partial charge on any atom is 0.113 e. The predicted molar refractivity (Wildman–Crippen MR) is 73.6 cm³/mol. The molecular formula is C15H18OS. The molecule has 1 heterocycles. The number of benzene rings is 1. The Balaban J connectivity index is 2.59. The van der Waals surface area contributed by atoms with Crippen molar-refractivity contribution in [1.29, 1.82) is 0 Å². The molecule has 2 rings (SSSR count). The Labute approximate surface area is 107 Å². The van der Waals surface area contributed by atoms with E-state index in [0.717, 1.165) is 16.7 Å². The van der Waals surface area contributed by atoms with E-state index in [9.17, 15) is 5.11 Å². The molecule has 0 radical (unpaired) electrons. The summed E-state index contributed by atoms with van der Waals surface area (Å²) in [6, 6.07) is 8.24. The molecule has 0 aliphatic rings. The van der Waals surface area contributed by atoms with Crippen molar-refractivity contribution in [3.8, 4) is 0 Å². The molecule has 2 heteroatoms. The molecule has 1 atom stereocenters. The van der Waals surface area contributed by atoms with Crippen molar-refractivity contribution in [1.82, 2.24) is 0 Å². The number of aryl methyl sites for hydroxylation is 3. The van der Waals surface area contributed by atoms with Crippen molar-refractivity contribution in [2.75, 3.05) is 0 Å². The van der Waals surface area contributed by atoms with Crippen molar-refractivity contribution in [2.24, 2.45) is 0 Å². The zero-order valence-electron chi connectivity index (χ0n) is 10.7. The molecule has 0 saturated carbocycles. The number of thiophene rings is 1. The summed E-state index contributed by atoms with van der Waals surface area (Å²) in [5.41, 5.74) is 3.42. The molecule has 1 N–H and O–H groups in total. The quantitative estimate of drug-likeness (QED) is 0.851. The lowest BCUT2D eigenvalue weighted by Gasteiger charge is -2.26. The largest absolute Gasteiger partial charge is 0.381 e. The summed E-state index contributed by atoms with van der Waals surface area (Å²) in [6.07, 6.45) is 0. The van der Waals surface area contributed by atoms with Crippen LogP contribution in [-0.4, -0.2) is 5.11 Å². The molecule has 0 aliphatic carbocycles. The molecule has 90 valence electrons. The Morgan fingerprint density at radius 2 is 1.76 bits per heavy atom. The van der Waals surface area contributed by atoms with Gasteiger partial charge in [-0.3, -0.25) is 0 Å². The van der Waals surface area contributed by atoms with Crippen LogP contribution in [-0.2, 0) is 5.60 Å². The summed E-state index contributed by atoms with van der Waals surface area (Å²) in [6.45, 7) is 8.04. The lowest BCUT2D eigenvalue weighted by atomic mass is 9.85. The van der Waals surface area contributed by atoms with E-state index in [4.69, 9.17) is 0 Å². The van der Waals surface area contributed by atoms with Gasteiger partial charge in [0.15, 0.2) is 0 Å². The first-order chi connectivity index (χ1) is 7.93. The van der Waals surface area contributed by atoms with Gasteiger partial charge in [-0.05, 0) is 50.3 Å². The summed E-state index contributed by atoms with van der Waals surface area (Å²) in [5, 5.41) is 12.9. The van der Waals surface area contributed by atoms with Crippen LogP contribution < -0.4 is 0 Å². The normalized spacial score (nSPS) is 14.6. The fraction of sp³-hybridized carbons (Fsp3) is 0.333. The zero-order valence-corrected chi connectivity index (χ0v) is 11.6. The highest BCUT2D eigenvalue weighted by Gasteiger charge is 2.29. The molecule has 0 amide bonds. The van der Waals surface area contributed by atoms with Crippen LogP contribution in [0.15, 0.2) is 29.6 Å². The number of hydrogen-bond donors (Lipinski definition) is 1. The van der Waals surface area contributed by atoms with Crippen molar-refractivity contribution in [3.05, 3.63) is 56.8 Å². The maximum absolute atomic E-state index is 10.8. The molecule has 0 spiro atoms. The first-order valence-corrected chi connectivity index (χ1v) is 6.65. The first-order valence-electron chi connectivity index (χ1n) is 5.77. The highest BCUT2D eigenvalue weighted by Crippen LogP contribution is 2.35. The van der Waals surface area contributed by atoms with Crippen molar-refractivity contribution in [2.45, 2.75) is 33.3 Å². The lowest BCUT2D eigenvalue weighted by Crippen LogP contribution is -2.24. The Morgan fingerprint density at radius 3 is 2.35 bits per heavy atom. The van der Waals surface area contributed by atoms with Gasteiger partial charge in [-0.15, -0.1) is 11.3 Å². The predicted octanol–water partition coefficient (Wildman–Crippen LogP) is 3.93. The number of aliphatic hydroxyl groups is 1.